The van der Waals surface area contributed by atoms with Gasteiger partial charge in [0.25, 0.3) is 0 Å². The number of aromatic nitrogens is 2. The van der Waals surface area contributed by atoms with Crippen LogP contribution in [0.2, 0.25) is 0 Å². The van der Waals surface area contributed by atoms with E-state index in [0.29, 0.717) is 12.1 Å². The summed E-state index contributed by atoms with van der Waals surface area (Å²) in [7, 11) is -5.03. The number of nitrogens with one attached hydrogen (secondary N) is 1. The van der Waals surface area contributed by atoms with Crippen LogP contribution < -0.4 is 15.0 Å². The van der Waals surface area contributed by atoms with E-state index in [1.165, 1.54) is 0 Å². The lowest BCUT2D eigenvalue weighted by Crippen LogP contribution is -2.47. The van der Waals surface area contributed by atoms with Crippen LogP contribution in [-0.2, 0) is 27.0 Å². The summed E-state index contributed by atoms with van der Waals surface area (Å²) in [5.41, 5.74) is -3.11. The molecule has 224 valence electrons. The average Bonchev–Trinajstić information content (AvgIpc) is 3.25. The molecule has 2 heterocycles. The van der Waals surface area contributed by atoms with Crippen LogP contribution in [0, 0.1) is 11.3 Å². The Bertz CT molecular complexity index is 1480. The van der Waals surface area contributed by atoms with E-state index in [-0.39, 0.29) is 30.2 Å². The Morgan fingerprint density at radius 2 is 1.78 bits per heavy atom. The quantitative estimate of drug-likeness (QED) is 0.450. The van der Waals surface area contributed by atoms with E-state index in [2.05, 4.69) is 20.3 Å². The van der Waals surface area contributed by atoms with E-state index in [1.54, 1.807) is 0 Å². The summed E-state index contributed by atoms with van der Waals surface area (Å²) in [6.45, 7) is -2.73. The standard InChI is InChI=1S/C21H16F9N5O4S2/c22-19(23,24)9-39-10-1-2-14(12(5-10)20(25,26)27)41(37,38)11-6-13(15(36)32-18(8-31)3-4-18)35(7-11)17-34-33-16(40-17)21(28,29)30/h1-2,5,11,13H,3-4,6-7,9H2,(H,32,36)/t11-,13+/m1/s1. The number of anilines is 1. The second-order valence-electron chi connectivity index (χ2n) is 9.20. The van der Waals surface area contributed by atoms with Crippen molar-refractivity contribution in [2.75, 3.05) is 18.1 Å². The van der Waals surface area contributed by atoms with Gasteiger partial charge in [0.1, 0.15) is 17.3 Å². The van der Waals surface area contributed by atoms with Crippen molar-refractivity contribution >= 4 is 32.2 Å². The van der Waals surface area contributed by atoms with Gasteiger partial charge >= 0.3 is 18.5 Å². The summed E-state index contributed by atoms with van der Waals surface area (Å²) in [5.74, 6) is -1.88. The van der Waals surface area contributed by atoms with Crippen LogP contribution in [0.1, 0.15) is 29.8 Å². The molecule has 0 spiro atoms. The number of amides is 1. The first-order chi connectivity index (χ1) is 18.8. The monoisotopic (exact) mass is 637 g/mol. The van der Waals surface area contributed by atoms with E-state index in [4.69, 9.17) is 0 Å². The number of nitriles is 1. The predicted octanol–water partition coefficient (Wildman–Crippen LogP) is 4.11. The molecule has 1 aliphatic heterocycles. The highest BCUT2D eigenvalue weighted by Crippen LogP contribution is 2.42. The smallest absolute Gasteiger partial charge is 0.445 e. The average molecular weight is 638 g/mol. The zero-order chi connectivity index (χ0) is 30.6. The normalized spacial score (nSPS) is 20.9. The van der Waals surface area contributed by atoms with E-state index >= 15 is 0 Å². The van der Waals surface area contributed by atoms with Crippen molar-refractivity contribution in [3.8, 4) is 11.8 Å². The minimum atomic E-state index is -5.37. The number of sulfone groups is 1. The molecular weight excluding hydrogens is 621 g/mol. The van der Waals surface area contributed by atoms with Gasteiger partial charge in [-0.25, -0.2) is 8.42 Å². The minimum absolute atomic E-state index is 0.0267. The Morgan fingerprint density at radius 1 is 1.12 bits per heavy atom. The first-order valence-corrected chi connectivity index (χ1v) is 13.7. The number of alkyl halides is 9. The van der Waals surface area contributed by atoms with Crippen molar-refractivity contribution in [1.82, 2.24) is 15.5 Å². The molecule has 1 aromatic heterocycles. The third kappa shape index (κ3) is 6.60. The Hall–Kier alpha value is -3.34. The first kappa shape index (κ1) is 30.6. The van der Waals surface area contributed by atoms with Gasteiger partial charge in [0.05, 0.1) is 21.8 Å². The zero-order valence-electron chi connectivity index (χ0n) is 20.1. The molecule has 0 unspecified atom stereocenters. The van der Waals surface area contributed by atoms with E-state index in [0.717, 1.165) is 4.90 Å². The molecule has 1 saturated carbocycles. The van der Waals surface area contributed by atoms with Gasteiger partial charge in [-0.1, -0.05) is 11.3 Å². The molecule has 2 fully saturated rings. The topological polar surface area (TPSA) is 125 Å². The maximum absolute atomic E-state index is 13.8. The largest absolute Gasteiger partial charge is 0.484 e. The Kier molecular flexibility index (Phi) is 7.60. The molecule has 1 aliphatic carbocycles. The van der Waals surface area contributed by atoms with Crippen molar-refractivity contribution in [2.45, 2.75) is 59.5 Å². The minimum Gasteiger partial charge on any atom is -0.484 e. The molecule has 1 amide bonds. The first-order valence-electron chi connectivity index (χ1n) is 11.3. The van der Waals surface area contributed by atoms with Crippen LogP contribution >= 0.6 is 11.3 Å². The third-order valence-corrected chi connectivity index (χ3v) is 9.39. The lowest BCUT2D eigenvalue weighted by Gasteiger charge is -2.23. The molecule has 41 heavy (non-hydrogen) atoms. The van der Waals surface area contributed by atoms with Crippen LogP contribution in [0.15, 0.2) is 23.1 Å². The van der Waals surface area contributed by atoms with Gasteiger partial charge in [-0.05, 0) is 37.5 Å². The maximum Gasteiger partial charge on any atom is 0.445 e. The Labute approximate surface area is 228 Å². The second-order valence-corrected chi connectivity index (χ2v) is 12.4. The van der Waals surface area contributed by atoms with Gasteiger partial charge in [0, 0.05) is 6.54 Å². The predicted molar refractivity (Wildman–Crippen MR) is 120 cm³/mol. The Balaban J connectivity index is 1.70. The zero-order valence-corrected chi connectivity index (χ0v) is 21.7. The highest BCUT2D eigenvalue weighted by molar-refractivity contribution is 7.92. The number of rotatable bonds is 7. The number of benzene rings is 1. The molecule has 2 aromatic rings. The van der Waals surface area contributed by atoms with Crippen LogP contribution in [0.3, 0.4) is 0 Å². The number of carbonyl (C=O) groups is 1. The molecule has 9 nitrogen and oxygen atoms in total. The van der Waals surface area contributed by atoms with E-state index in [9.17, 15) is 58.0 Å². The van der Waals surface area contributed by atoms with Crippen molar-refractivity contribution in [1.29, 1.82) is 5.26 Å². The summed E-state index contributed by atoms with van der Waals surface area (Å²) >= 11 is -0.0267. The SMILES string of the molecule is N#CC1(NC(=O)[C@@H]2C[C@@H](S(=O)(=O)c3ccc(OCC(F)(F)F)cc3C(F)(F)F)CN2c2nnc(C(F)(F)F)s2)CC1. The fourth-order valence-corrected chi connectivity index (χ4v) is 6.71. The van der Waals surface area contributed by atoms with Crippen LogP contribution in [-0.4, -0.2) is 60.7 Å². The van der Waals surface area contributed by atoms with Crippen LogP contribution in [0.4, 0.5) is 44.6 Å². The Morgan fingerprint density at radius 3 is 2.29 bits per heavy atom. The highest BCUT2D eigenvalue weighted by atomic mass is 32.2. The van der Waals surface area contributed by atoms with Crippen molar-refractivity contribution in [3.63, 3.8) is 0 Å². The third-order valence-electron chi connectivity index (χ3n) is 6.20. The fourth-order valence-electron chi connectivity index (χ4n) is 4.05. The van der Waals surface area contributed by atoms with Gasteiger partial charge in [-0.3, -0.25) is 4.79 Å². The van der Waals surface area contributed by atoms with E-state index < -0.39 is 97.0 Å². The number of nitrogens with zero attached hydrogens (tertiary/aromatic N) is 4. The van der Waals surface area contributed by atoms with Crippen molar-refractivity contribution in [3.05, 3.63) is 28.8 Å². The molecule has 4 rings (SSSR count). The second kappa shape index (κ2) is 10.2. The lowest BCUT2D eigenvalue weighted by molar-refractivity contribution is -0.153. The molecule has 1 aromatic carbocycles. The molecule has 2 atom stereocenters. The molecule has 20 heteroatoms. The molecule has 1 saturated heterocycles. The molecule has 1 N–H and O–H groups in total. The summed E-state index contributed by atoms with van der Waals surface area (Å²) in [6.07, 6.45) is -15.4. The number of hydrogen-bond donors (Lipinski definition) is 1. The van der Waals surface area contributed by atoms with Crippen LogP contribution in [0.25, 0.3) is 0 Å². The molecular formula is C21H16F9N5O4S2. The molecule has 2 aliphatic rings. The number of halogens is 9. The summed E-state index contributed by atoms with van der Waals surface area (Å²) in [5, 5.41) is 14.2. The molecule has 0 bridgehead atoms. The van der Waals surface area contributed by atoms with Gasteiger partial charge in [0.2, 0.25) is 16.0 Å². The van der Waals surface area contributed by atoms with Crippen molar-refractivity contribution in [2.24, 2.45) is 0 Å². The molecule has 0 radical (unpaired) electrons. The lowest BCUT2D eigenvalue weighted by atomic mass is 10.2. The van der Waals surface area contributed by atoms with Crippen molar-refractivity contribution < 1.29 is 57.5 Å². The summed E-state index contributed by atoms with van der Waals surface area (Å²) in [6, 6.07) is 1.38. The van der Waals surface area contributed by atoms with Gasteiger partial charge in [0.15, 0.2) is 16.4 Å². The summed E-state index contributed by atoms with van der Waals surface area (Å²) < 4.78 is 149. The number of carbonyl (C=O) groups excluding carboxylic acids is 1. The highest BCUT2D eigenvalue weighted by Gasteiger charge is 2.51. The van der Waals surface area contributed by atoms with Gasteiger partial charge in [-0.15, -0.1) is 10.2 Å². The van der Waals surface area contributed by atoms with Gasteiger partial charge < -0.3 is 15.0 Å². The summed E-state index contributed by atoms with van der Waals surface area (Å²) in [4.78, 5) is 12.5. The number of ether oxygens (including phenoxy) is 1. The van der Waals surface area contributed by atoms with Gasteiger partial charge in [-0.2, -0.15) is 44.8 Å². The van der Waals surface area contributed by atoms with Crippen LogP contribution in [0.5, 0.6) is 5.75 Å². The number of hydrogen-bond acceptors (Lipinski definition) is 9. The van der Waals surface area contributed by atoms with E-state index in [1.807, 2.05) is 6.07 Å². The maximum atomic E-state index is 13.8. The fraction of sp³-hybridized carbons (Fsp3) is 0.524.